The van der Waals surface area contributed by atoms with E-state index in [-0.39, 0.29) is 29.9 Å². The predicted octanol–water partition coefficient (Wildman–Crippen LogP) is 3.14. The fourth-order valence-electron chi connectivity index (χ4n) is 2.47. The third-order valence-corrected chi connectivity index (χ3v) is 3.51. The van der Waals surface area contributed by atoms with Gasteiger partial charge in [0.25, 0.3) is 0 Å². The van der Waals surface area contributed by atoms with Crippen LogP contribution in [0.4, 0.5) is 0 Å². The lowest BCUT2D eigenvalue weighted by Crippen LogP contribution is -2.29. The molecule has 0 radical (unpaired) electrons. The van der Waals surface area contributed by atoms with E-state index in [1.165, 1.54) is 37.7 Å². The molecular formula is C15H24IN3O. The zero-order chi connectivity index (χ0) is 13.5. The molecule has 4 nitrogen and oxygen atoms in total. The summed E-state index contributed by atoms with van der Waals surface area (Å²) in [5.41, 5.74) is 7.60. The van der Waals surface area contributed by atoms with Gasteiger partial charge in [-0.05, 0) is 24.0 Å². The first kappa shape index (κ1) is 17.2. The van der Waals surface area contributed by atoms with Crippen LogP contribution in [0.1, 0.15) is 43.2 Å². The molecule has 2 rings (SSSR count). The molecule has 1 aliphatic rings. The fourth-order valence-corrected chi connectivity index (χ4v) is 2.47. The second-order valence-corrected chi connectivity index (χ2v) is 5.16. The van der Waals surface area contributed by atoms with E-state index >= 15 is 0 Å². The molecule has 0 spiro atoms. The minimum atomic E-state index is 0. The Balaban J connectivity index is 0.00000200. The highest BCUT2D eigenvalue weighted by Gasteiger charge is 2.13. The lowest BCUT2D eigenvalue weighted by Gasteiger charge is -2.22. The molecule has 0 aromatic heterocycles. The molecule has 1 aromatic rings. The van der Waals surface area contributed by atoms with Gasteiger partial charge in [-0.15, -0.1) is 24.0 Å². The Morgan fingerprint density at radius 1 is 1.25 bits per heavy atom. The van der Waals surface area contributed by atoms with Crippen LogP contribution in [0.5, 0.6) is 0 Å². The molecule has 0 bridgehead atoms. The topological polar surface area (TPSA) is 71.1 Å². The molecular weight excluding hydrogens is 365 g/mol. The van der Waals surface area contributed by atoms with E-state index in [0.717, 1.165) is 5.56 Å². The van der Waals surface area contributed by atoms with Gasteiger partial charge in [0.2, 0.25) is 0 Å². The highest BCUT2D eigenvalue weighted by molar-refractivity contribution is 14.0. The van der Waals surface area contributed by atoms with Crippen molar-refractivity contribution in [2.45, 2.75) is 51.4 Å². The van der Waals surface area contributed by atoms with Crippen molar-refractivity contribution >= 4 is 29.9 Å². The Bertz CT molecular complexity index is 419. The standard InChI is InChI=1S/C15H23N3O.HI/c16-15(17)18-10-12-5-4-6-13(9-12)11-19-14-7-2-1-3-8-14;/h4-6,9,14H,1-3,7-8,10-11H2,(H4,16,17,18);1H. The molecule has 1 fully saturated rings. The molecule has 0 unspecified atom stereocenters. The van der Waals surface area contributed by atoms with Crippen LogP contribution < -0.4 is 11.1 Å². The van der Waals surface area contributed by atoms with Gasteiger partial charge in [0, 0.05) is 6.54 Å². The molecule has 0 aliphatic heterocycles. The minimum Gasteiger partial charge on any atom is -0.374 e. The number of hydrogen-bond donors (Lipinski definition) is 3. The first-order chi connectivity index (χ1) is 9.24. The number of nitrogens with one attached hydrogen (secondary N) is 2. The molecule has 112 valence electrons. The van der Waals surface area contributed by atoms with Gasteiger partial charge in [-0.2, -0.15) is 0 Å². The summed E-state index contributed by atoms with van der Waals surface area (Å²) in [5, 5.41) is 9.97. The first-order valence-corrected chi connectivity index (χ1v) is 7.01. The molecule has 0 heterocycles. The number of benzene rings is 1. The van der Waals surface area contributed by atoms with Crippen LogP contribution in [0.3, 0.4) is 0 Å². The van der Waals surface area contributed by atoms with E-state index in [9.17, 15) is 0 Å². The van der Waals surface area contributed by atoms with Gasteiger partial charge in [0.15, 0.2) is 5.96 Å². The highest BCUT2D eigenvalue weighted by atomic mass is 127. The van der Waals surface area contributed by atoms with E-state index in [4.69, 9.17) is 15.9 Å². The van der Waals surface area contributed by atoms with Crippen LogP contribution in [0.15, 0.2) is 24.3 Å². The lowest BCUT2D eigenvalue weighted by molar-refractivity contribution is 0.0168. The summed E-state index contributed by atoms with van der Waals surface area (Å²) in [7, 11) is 0. The fraction of sp³-hybridized carbons (Fsp3) is 0.533. The van der Waals surface area contributed by atoms with Crippen molar-refractivity contribution in [1.82, 2.24) is 5.32 Å². The van der Waals surface area contributed by atoms with Crippen LogP contribution in [-0.2, 0) is 17.9 Å². The molecule has 1 aromatic carbocycles. The molecule has 1 aliphatic carbocycles. The summed E-state index contributed by atoms with van der Waals surface area (Å²) in [6.45, 7) is 1.27. The summed E-state index contributed by atoms with van der Waals surface area (Å²) in [6, 6.07) is 8.25. The monoisotopic (exact) mass is 389 g/mol. The number of halogens is 1. The second kappa shape index (κ2) is 9.18. The van der Waals surface area contributed by atoms with Crippen molar-refractivity contribution in [2.24, 2.45) is 5.73 Å². The van der Waals surface area contributed by atoms with Crippen molar-refractivity contribution < 1.29 is 4.74 Å². The van der Waals surface area contributed by atoms with Gasteiger partial charge in [0.1, 0.15) is 0 Å². The maximum absolute atomic E-state index is 7.15. The van der Waals surface area contributed by atoms with Crippen LogP contribution in [-0.4, -0.2) is 12.1 Å². The summed E-state index contributed by atoms with van der Waals surface area (Å²) < 4.78 is 5.96. The predicted molar refractivity (Wildman–Crippen MR) is 92.3 cm³/mol. The van der Waals surface area contributed by atoms with Crippen LogP contribution in [0.2, 0.25) is 0 Å². The molecule has 1 saturated carbocycles. The smallest absolute Gasteiger partial charge is 0.185 e. The summed E-state index contributed by atoms with van der Waals surface area (Å²) in [4.78, 5) is 0. The van der Waals surface area contributed by atoms with Crippen molar-refractivity contribution in [3.63, 3.8) is 0 Å². The molecule has 0 saturated heterocycles. The molecule has 20 heavy (non-hydrogen) atoms. The first-order valence-electron chi connectivity index (χ1n) is 7.01. The van der Waals surface area contributed by atoms with Crippen LogP contribution in [0, 0.1) is 5.41 Å². The number of ether oxygens (including phenoxy) is 1. The maximum Gasteiger partial charge on any atom is 0.185 e. The number of rotatable bonds is 5. The average Bonchev–Trinajstić information content (AvgIpc) is 2.44. The van der Waals surface area contributed by atoms with Crippen molar-refractivity contribution in [2.75, 3.05) is 0 Å². The lowest BCUT2D eigenvalue weighted by atomic mass is 9.98. The zero-order valence-electron chi connectivity index (χ0n) is 11.7. The van der Waals surface area contributed by atoms with E-state index in [1.807, 2.05) is 12.1 Å². The van der Waals surface area contributed by atoms with Gasteiger partial charge in [-0.1, -0.05) is 43.5 Å². The van der Waals surface area contributed by atoms with Gasteiger partial charge in [0.05, 0.1) is 12.7 Å². The second-order valence-electron chi connectivity index (χ2n) is 5.16. The normalized spacial score (nSPS) is 15.4. The van der Waals surface area contributed by atoms with Crippen molar-refractivity contribution in [1.29, 1.82) is 5.41 Å². The largest absolute Gasteiger partial charge is 0.374 e. The molecule has 5 heteroatoms. The minimum absolute atomic E-state index is 0. The third kappa shape index (κ3) is 6.09. The quantitative estimate of drug-likeness (QED) is 0.412. The number of hydrogen-bond acceptors (Lipinski definition) is 2. The third-order valence-electron chi connectivity index (χ3n) is 3.51. The average molecular weight is 389 g/mol. The summed E-state index contributed by atoms with van der Waals surface area (Å²) in [6.07, 6.45) is 6.79. The van der Waals surface area contributed by atoms with E-state index in [0.29, 0.717) is 19.3 Å². The van der Waals surface area contributed by atoms with Gasteiger partial charge in [-0.3, -0.25) is 5.41 Å². The van der Waals surface area contributed by atoms with Crippen LogP contribution >= 0.6 is 24.0 Å². The SMILES string of the molecule is I.N=C(N)NCc1cccc(COC2CCCCC2)c1. The van der Waals surface area contributed by atoms with Crippen molar-refractivity contribution in [3.8, 4) is 0 Å². The van der Waals surface area contributed by atoms with Gasteiger partial charge in [-0.25, -0.2) is 0 Å². The number of nitrogens with two attached hydrogens (primary N) is 1. The van der Waals surface area contributed by atoms with Crippen LogP contribution in [0.25, 0.3) is 0 Å². The maximum atomic E-state index is 7.15. The Hall–Kier alpha value is -0.820. The molecule has 0 amide bonds. The summed E-state index contributed by atoms with van der Waals surface area (Å²) in [5.74, 6) is 0.00357. The Kier molecular flexibility index (Phi) is 7.91. The number of guanidine groups is 1. The molecule has 0 atom stereocenters. The van der Waals surface area contributed by atoms with E-state index in [1.54, 1.807) is 0 Å². The Labute approximate surface area is 138 Å². The Morgan fingerprint density at radius 2 is 1.95 bits per heavy atom. The Morgan fingerprint density at radius 3 is 2.65 bits per heavy atom. The summed E-state index contributed by atoms with van der Waals surface area (Å²) >= 11 is 0. The van der Waals surface area contributed by atoms with Gasteiger partial charge >= 0.3 is 0 Å². The highest BCUT2D eigenvalue weighted by Crippen LogP contribution is 2.21. The van der Waals surface area contributed by atoms with Gasteiger partial charge < -0.3 is 15.8 Å². The molecule has 4 N–H and O–H groups in total. The van der Waals surface area contributed by atoms with Crippen molar-refractivity contribution in [3.05, 3.63) is 35.4 Å². The zero-order valence-corrected chi connectivity index (χ0v) is 14.1. The van der Waals surface area contributed by atoms with E-state index < -0.39 is 0 Å². The van der Waals surface area contributed by atoms with E-state index in [2.05, 4.69) is 17.4 Å².